The highest BCUT2D eigenvalue weighted by atomic mass is 32.2. The second-order valence-electron chi connectivity index (χ2n) is 6.24. The van der Waals surface area contributed by atoms with E-state index in [-0.39, 0.29) is 17.3 Å². The van der Waals surface area contributed by atoms with Crippen molar-refractivity contribution in [1.82, 2.24) is 9.71 Å². The van der Waals surface area contributed by atoms with Crippen LogP contribution < -0.4 is 14.8 Å². The number of sulfonamides is 1. The van der Waals surface area contributed by atoms with Crippen LogP contribution in [0.15, 0.2) is 70.2 Å². The molecule has 0 bridgehead atoms. The highest BCUT2D eigenvalue weighted by Crippen LogP contribution is 2.29. The van der Waals surface area contributed by atoms with Crippen molar-refractivity contribution < 1.29 is 22.4 Å². The van der Waals surface area contributed by atoms with Crippen molar-refractivity contribution in [2.45, 2.75) is 11.4 Å². The maximum Gasteiger partial charge on any atom is 0.257 e. The van der Waals surface area contributed by atoms with Gasteiger partial charge in [-0.25, -0.2) is 18.1 Å². The highest BCUT2D eigenvalue weighted by Gasteiger charge is 2.16. The zero-order valence-electron chi connectivity index (χ0n) is 15.8. The molecule has 2 N–H and O–H groups in total. The third-order valence-corrected chi connectivity index (χ3v) is 6.61. The summed E-state index contributed by atoms with van der Waals surface area (Å²) in [4.78, 5) is 16.9. The molecule has 0 atom stereocenters. The third-order valence-electron chi connectivity index (χ3n) is 4.26. The molecule has 0 unspecified atom stereocenters. The van der Waals surface area contributed by atoms with E-state index in [0.717, 1.165) is 10.2 Å². The Morgan fingerprint density at radius 2 is 1.97 bits per heavy atom. The summed E-state index contributed by atoms with van der Waals surface area (Å²) < 4.78 is 38.4. The van der Waals surface area contributed by atoms with Crippen molar-refractivity contribution in [1.29, 1.82) is 0 Å². The van der Waals surface area contributed by atoms with E-state index in [9.17, 15) is 13.2 Å². The van der Waals surface area contributed by atoms with E-state index in [2.05, 4.69) is 15.0 Å². The lowest BCUT2D eigenvalue weighted by Crippen LogP contribution is -2.23. The Hall–Kier alpha value is -3.21. The van der Waals surface area contributed by atoms with Gasteiger partial charge in [-0.05, 0) is 54.6 Å². The Morgan fingerprint density at radius 1 is 1.17 bits per heavy atom. The average Bonchev–Trinajstić information content (AvgIpc) is 3.41. The third kappa shape index (κ3) is 4.35. The van der Waals surface area contributed by atoms with Gasteiger partial charge in [-0.1, -0.05) is 11.3 Å². The number of carbonyl (C=O) groups is 1. The number of benzene rings is 2. The van der Waals surface area contributed by atoms with E-state index in [1.807, 2.05) is 12.1 Å². The van der Waals surface area contributed by atoms with Crippen LogP contribution in [0.5, 0.6) is 5.75 Å². The van der Waals surface area contributed by atoms with E-state index < -0.39 is 10.0 Å². The summed E-state index contributed by atoms with van der Waals surface area (Å²) in [6.07, 6.45) is 1.47. The zero-order chi connectivity index (χ0) is 21.1. The summed E-state index contributed by atoms with van der Waals surface area (Å²) in [7, 11) is -2.14. The quantitative estimate of drug-likeness (QED) is 0.451. The molecule has 10 heteroatoms. The van der Waals surface area contributed by atoms with Gasteiger partial charge in [0.2, 0.25) is 10.0 Å². The van der Waals surface area contributed by atoms with Crippen LogP contribution in [-0.4, -0.2) is 26.4 Å². The molecule has 0 fully saturated rings. The normalized spacial score (nSPS) is 11.5. The van der Waals surface area contributed by atoms with E-state index in [0.29, 0.717) is 22.2 Å². The summed E-state index contributed by atoms with van der Waals surface area (Å²) in [6.45, 7) is 0.0416. The van der Waals surface area contributed by atoms with Crippen LogP contribution in [0, 0.1) is 0 Å². The Bertz CT molecular complexity index is 1280. The van der Waals surface area contributed by atoms with E-state index in [1.165, 1.54) is 41.9 Å². The number of anilines is 1. The van der Waals surface area contributed by atoms with E-state index >= 15 is 0 Å². The molecule has 30 heavy (non-hydrogen) atoms. The van der Waals surface area contributed by atoms with E-state index in [1.54, 1.807) is 25.3 Å². The lowest BCUT2D eigenvalue weighted by molar-refractivity contribution is 0.102. The van der Waals surface area contributed by atoms with Gasteiger partial charge in [0.25, 0.3) is 5.91 Å². The molecule has 0 saturated carbocycles. The molecule has 2 heterocycles. The van der Waals surface area contributed by atoms with Crippen LogP contribution in [0.2, 0.25) is 0 Å². The van der Waals surface area contributed by atoms with Crippen LogP contribution in [0.25, 0.3) is 10.2 Å². The minimum absolute atomic E-state index is 0.0416. The largest absolute Gasteiger partial charge is 0.497 e. The second-order valence-corrected chi connectivity index (χ2v) is 9.03. The van der Waals surface area contributed by atoms with Crippen LogP contribution in [0.3, 0.4) is 0 Å². The molecule has 0 spiro atoms. The molecule has 0 saturated heterocycles. The molecular weight excluding hydrogens is 426 g/mol. The molecule has 4 aromatic rings. The first-order valence-corrected chi connectivity index (χ1v) is 11.1. The Labute approximate surface area is 176 Å². The number of aromatic nitrogens is 1. The predicted octanol–water partition coefficient (Wildman–Crippen LogP) is 3.63. The molecular formula is C20H17N3O5S2. The fourth-order valence-corrected chi connectivity index (χ4v) is 4.59. The maximum absolute atomic E-state index is 12.5. The number of fused-ring (bicyclic) bond motifs is 1. The number of rotatable bonds is 7. The SMILES string of the molecule is COc1ccc2nc(NC(=O)c3ccc(S(=O)(=O)NCc4ccco4)cc3)sc2c1. The van der Waals surface area contributed by atoms with Gasteiger partial charge in [0.05, 0.1) is 35.0 Å². The Morgan fingerprint density at radius 3 is 2.67 bits per heavy atom. The Balaban J connectivity index is 1.45. The maximum atomic E-state index is 12.5. The molecule has 8 nitrogen and oxygen atoms in total. The number of hydrogen-bond donors (Lipinski definition) is 2. The van der Waals surface area contributed by atoms with Crippen LogP contribution in [0.4, 0.5) is 5.13 Å². The van der Waals surface area contributed by atoms with Gasteiger partial charge < -0.3 is 9.15 Å². The van der Waals surface area contributed by atoms with Crippen molar-refractivity contribution in [3.63, 3.8) is 0 Å². The van der Waals surface area contributed by atoms with Gasteiger partial charge in [-0.2, -0.15) is 0 Å². The van der Waals surface area contributed by atoms with Crippen LogP contribution >= 0.6 is 11.3 Å². The summed E-state index contributed by atoms with van der Waals surface area (Å²) >= 11 is 1.32. The van der Waals surface area contributed by atoms with Crippen molar-refractivity contribution in [2.24, 2.45) is 0 Å². The lowest BCUT2D eigenvalue weighted by atomic mass is 10.2. The average molecular weight is 444 g/mol. The molecule has 0 aliphatic rings. The number of methoxy groups -OCH3 is 1. The molecule has 4 rings (SSSR count). The molecule has 0 aliphatic heterocycles. The number of furan rings is 1. The molecule has 0 aliphatic carbocycles. The summed E-state index contributed by atoms with van der Waals surface area (Å²) in [5, 5.41) is 3.18. The minimum atomic E-state index is -3.73. The van der Waals surface area contributed by atoms with Crippen LogP contribution in [0.1, 0.15) is 16.1 Å². The number of nitrogens with one attached hydrogen (secondary N) is 2. The molecule has 0 radical (unpaired) electrons. The van der Waals surface area contributed by atoms with Crippen LogP contribution in [-0.2, 0) is 16.6 Å². The number of ether oxygens (including phenoxy) is 1. The fraction of sp³-hybridized carbons (Fsp3) is 0.100. The van der Waals surface area contributed by atoms with Crippen molar-refractivity contribution >= 4 is 42.6 Å². The minimum Gasteiger partial charge on any atom is -0.497 e. The first-order valence-electron chi connectivity index (χ1n) is 8.83. The smallest absolute Gasteiger partial charge is 0.257 e. The number of amides is 1. The van der Waals surface area contributed by atoms with E-state index in [4.69, 9.17) is 9.15 Å². The molecule has 2 aromatic heterocycles. The van der Waals surface area contributed by atoms with Crippen molar-refractivity contribution in [3.8, 4) is 5.75 Å². The molecule has 1 amide bonds. The first-order chi connectivity index (χ1) is 14.4. The molecule has 2 aromatic carbocycles. The Kier molecular flexibility index (Phi) is 5.53. The van der Waals surface area contributed by atoms with Gasteiger partial charge in [0.1, 0.15) is 11.5 Å². The monoisotopic (exact) mass is 443 g/mol. The van der Waals surface area contributed by atoms with Crippen molar-refractivity contribution in [3.05, 3.63) is 72.2 Å². The second kappa shape index (κ2) is 8.27. The zero-order valence-corrected chi connectivity index (χ0v) is 17.4. The number of hydrogen-bond acceptors (Lipinski definition) is 7. The number of carbonyl (C=O) groups excluding carboxylic acids is 1. The lowest BCUT2D eigenvalue weighted by Gasteiger charge is -2.07. The van der Waals surface area contributed by atoms with Gasteiger partial charge in [-0.3, -0.25) is 10.1 Å². The van der Waals surface area contributed by atoms with Gasteiger partial charge in [-0.15, -0.1) is 0 Å². The molecule has 154 valence electrons. The van der Waals surface area contributed by atoms with Gasteiger partial charge in [0, 0.05) is 5.56 Å². The fourth-order valence-electron chi connectivity index (χ4n) is 2.70. The van der Waals surface area contributed by atoms with Gasteiger partial charge in [0.15, 0.2) is 5.13 Å². The summed E-state index contributed by atoms with van der Waals surface area (Å²) in [5.41, 5.74) is 1.07. The summed E-state index contributed by atoms with van der Waals surface area (Å²) in [6, 6.07) is 14.5. The number of thiazole rings is 1. The first kappa shape index (κ1) is 20.1. The predicted molar refractivity (Wildman–Crippen MR) is 113 cm³/mol. The summed E-state index contributed by atoms with van der Waals surface area (Å²) in [5.74, 6) is 0.832. The highest BCUT2D eigenvalue weighted by molar-refractivity contribution is 7.89. The van der Waals surface area contributed by atoms with Gasteiger partial charge >= 0.3 is 0 Å². The standard InChI is InChI=1S/C20H17N3O5S2/c1-27-14-6-9-17-18(11-14)29-20(22-17)23-19(24)13-4-7-16(8-5-13)30(25,26)21-12-15-3-2-10-28-15/h2-11,21H,12H2,1H3,(H,22,23,24). The number of nitrogens with zero attached hydrogens (tertiary/aromatic N) is 1. The van der Waals surface area contributed by atoms with Crippen molar-refractivity contribution in [2.75, 3.05) is 12.4 Å². The topological polar surface area (TPSA) is 111 Å².